The Morgan fingerprint density at radius 3 is 2.96 bits per heavy atom. The van der Waals surface area contributed by atoms with E-state index in [-0.39, 0.29) is 18.2 Å². The van der Waals surface area contributed by atoms with Crippen molar-refractivity contribution in [2.75, 3.05) is 26.3 Å². The third-order valence-corrected chi connectivity index (χ3v) is 5.15. The van der Waals surface area contributed by atoms with Crippen molar-refractivity contribution < 1.29 is 18.8 Å². The van der Waals surface area contributed by atoms with Crippen LogP contribution in [0.3, 0.4) is 0 Å². The number of nitrogens with zero attached hydrogens (tertiary/aromatic N) is 2. The average Bonchev–Trinajstić information content (AvgIpc) is 3.23. The first-order valence-electron chi connectivity index (χ1n) is 8.55. The van der Waals surface area contributed by atoms with Gasteiger partial charge in [0.2, 0.25) is 5.91 Å². The Labute approximate surface area is 140 Å². The van der Waals surface area contributed by atoms with Gasteiger partial charge in [0.05, 0.1) is 19.6 Å². The van der Waals surface area contributed by atoms with Crippen molar-refractivity contribution in [2.45, 2.75) is 32.0 Å². The number of hydrogen-bond acceptors (Lipinski definition) is 5. The van der Waals surface area contributed by atoms with Gasteiger partial charge >= 0.3 is 0 Å². The lowest BCUT2D eigenvalue weighted by Gasteiger charge is -2.39. The second kappa shape index (κ2) is 6.18. The van der Waals surface area contributed by atoms with Crippen LogP contribution >= 0.6 is 0 Å². The number of rotatable bonds is 3. The van der Waals surface area contributed by atoms with Crippen LogP contribution in [0.25, 0.3) is 11.0 Å². The lowest BCUT2D eigenvalue weighted by atomic mass is 9.90. The minimum atomic E-state index is -0.556. The van der Waals surface area contributed by atoms with Gasteiger partial charge in [0.15, 0.2) is 11.4 Å². The van der Waals surface area contributed by atoms with E-state index in [1.165, 1.54) is 0 Å². The lowest BCUT2D eigenvalue weighted by Crippen LogP contribution is -2.49. The van der Waals surface area contributed by atoms with Gasteiger partial charge in [-0.3, -0.25) is 4.79 Å². The maximum Gasteiger partial charge on any atom is 0.228 e. The summed E-state index contributed by atoms with van der Waals surface area (Å²) < 4.78 is 16.9. The van der Waals surface area contributed by atoms with E-state index in [1.807, 2.05) is 36.1 Å². The summed E-state index contributed by atoms with van der Waals surface area (Å²) in [4.78, 5) is 14.6. The van der Waals surface area contributed by atoms with Crippen LogP contribution in [-0.4, -0.2) is 48.1 Å². The van der Waals surface area contributed by atoms with Crippen molar-refractivity contribution in [3.8, 4) is 0 Å². The van der Waals surface area contributed by atoms with Crippen LogP contribution in [0.15, 0.2) is 28.8 Å². The first-order valence-corrected chi connectivity index (χ1v) is 8.55. The number of fused-ring (bicyclic) bond motifs is 1. The highest BCUT2D eigenvalue weighted by molar-refractivity contribution is 5.86. The average molecular weight is 330 g/mol. The molecule has 0 saturated carbocycles. The molecule has 2 aliphatic heterocycles. The van der Waals surface area contributed by atoms with E-state index in [0.717, 1.165) is 30.4 Å². The quantitative estimate of drug-likeness (QED) is 0.864. The molecule has 2 saturated heterocycles. The van der Waals surface area contributed by atoms with Crippen molar-refractivity contribution in [1.82, 2.24) is 10.1 Å². The topological polar surface area (TPSA) is 64.8 Å². The molecular weight excluding hydrogens is 308 g/mol. The molecule has 24 heavy (non-hydrogen) atoms. The van der Waals surface area contributed by atoms with Gasteiger partial charge in [0.25, 0.3) is 0 Å². The molecule has 2 fully saturated rings. The van der Waals surface area contributed by atoms with E-state index >= 15 is 0 Å². The number of aromatic nitrogens is 1. The summed E-state index contributed by atoms with van der Waals surface area (Å²) in [5, 5.41) is 4.98. The zero-order valence-corrected chi connectivity index (χ0v) is 13.9. The van der Waals surface area contributed by atoms with Crippen LogP contribution in [0.5, 0.6) is 0 Å². The Bertz CT molecular complexity index is 735. The van der Waals surface area contributed by atoms with Crippen molar-refractivity contribution in [3.63, 3.8) is 0 Å². The standard InChI is InChI=1S/C18H22N2O4/c1-18(22-9-10-23-18)13-5-4-8-20(12-13)17(21)11-15-14-6-2-3-7-16(14)24-19-15/h2-3,6-7,13H,4-5,8-12H2,1H3/t13-/m1/s1. The molecule has 4 rings (SSSR count). The molecule has 1 aromatic heterocycles. The highest BCUT2D eigenvalue weighted by atomic mass is 16.7. The summed E-state index contributed by atoms with van der Waals surface area (Å²) in [7, 11) is 0. The first-order chi connectivity index (χ1) is 11.7. The predicted octanol–water partition coefficient (Wildman–Crippen LogP) is 2.37. The Hall–Kier alpha value is -1.92. The Kier molecular flexibility index (Phi) is 4.02. The molecule has 1 amide bonds. The summed E-state index contributed by atoms with van der Waals surface area (Å²) in [6, 6.07) is 7.63. The van der Waals surface area contributed by atoms with E-state index in [1.54, 1.807) is 0 Å². The molecular formula is C18H22N2O4. The maximum atomic E-state index is 12.7. The Balaban J connectivity index is 1.46. The molecule has 0 spiro atoms. The molecule has 0 N–H and O–H groups in total. The molecule has 6 heteroatoms. The summed E-state index contributed by atoms with van der Waals surface area (Å²) in [5.41, 5.74) is 1.43. The number of hydrogen-bond donors (Lipinski definition) is 0. The minimum absolute atomic E-state index is 0.0837. The van der Waals surface area contributed by atoms with Crippen molar-refractivity contribution in [2.24, 2.45) is 5.92 Å². The van der Waals surface area contributed by atoms with Gasteiger partial charge in [-0.25, -0.2) is 0 Å². The molecule has 1 atom stereocenters. The lowest BCUT2D eigenvalue weighted by molar-refractivity contribution is -0.192. The largest absolute Gasteiger partial charge is 0.356 e. The van der Waals surface area contributed by atoms with Gasteiger partial charge in [-0.1, -0.05) is 17.3 Å². The van der Waals surface area contributed by atoms with E-state index < -0.39 is 5.79 Å². The van der Waals surface area contributed by atoms with Crippen LogP contribution in [0, 0.1) is 5.92 Å². The second-order valence-electron chi connectivity index (χ2n) is 6.69. The second-order valence-corrected chi connectivity index (χ2v) is 6.69. The van der Waals surface area contributed by atoms with Gasteiger partial charge in [-0.15, -0.1) is 0 Å². The van der Waals surface area contributed by atoms with Crippen LogP contribution < -0.4 is 0 Å². The monoisotopic (exact) mass is 330 g/mol. The number of amides is 1. The molecule has 2 aliphatic rings. The third kappa shape index (κ3) is 2.80. The third-order valence-electron chi connectivity index (χ3n) is 5.15. The van der Waals surface area contributed by atoms with Gasteiger partial charge < -0.3 is 18.9 Å². The molecule has 0 aliphatic carbocycles. The van der Waals surface area contributed by atoms with Crippen LogP contribution in [-0.2, 0) is 20.7 Å². The number of piperidine rings is 1. The van der Waals surface area contributed by atoms with Crippen LogP contribution in [0.2, 0.25) is 0 Å². The predicted molar refractivity (Wildman–Crippen MR) is 87.3 cm³/mol. The van der Waals surface area contributed by atoms with E-state index in [0.29, 0.717) is 25.5 Å². The zero-order chi connectivity index (χ0) is 16.6. The smallest absolute Gasteiger partial charge is 0.228 e. The number of ether oxygens (including phenoxy) is 2. The van der Waals surface area contributed by atoms with Gasteiger partial charge in [-0.2, -0.15) is 0 Å². The fourth-order valence-electron chi connectivity index (χ4n) is 3.72. The molecule has 128 valence electrons. The molecule has 0 radical (unpaired) electrons. The van der Waals surface area contributed by atoms with E-state index in [2.05, 4.69) is 5.16 Å². The molecule has 6 nitrogen and oxygen atoms in total. The summed E-state index contributed by atoms with van der Waals surface area (Å²) >= 11 is 0. The number of benzene rings is 1. The first kappa shape index (κ1) is 15.6. The van der Waals surface area contributed by atoms with E-state index in [9.17, 15) is 4.79 Å². The fraction of sp³-hybridized carbons (Fsp3) is 0.556. The highest BCUT2D eigenvalue weighted by Gasteiger charge is 2.42. The summed E-state index contributed by atoms with van der Waals surface area (Å²) in [6.45, 7) is 4.70. The number of likely N-dealkylation sites (tertiary alicyclic amines) is 1. The molecule has 1 aromatic carbocycles. The maximum absolute atomic E-state index is 12.7. The molecule has 3 heterocycles. The molecule has 0 unspecified atom stereocenters. The Morgan fingerprint density at radius 1 is 1.33 bits per heavy atom. The van der Waals surface area contributed by atoms with Crippen molar-refractivity contribution in [3.05, 3.63) is 30.0 Å². The van der Waals surface area contributed by atoms with Crippen LogP contribution in [0.4, 0.5) is 0 Å². The summed E-state index contributed by atoms with van der Waals surface area (Å²) in [5.74, 6) is -0.258. The van der Waals surface area contributed by atoms with Crippen molar-refractivity contribution >= 4 is 16.9 Å². The molecule has 0 bridgehead atoms. The van der Waals surface area contributed by atoms with Gasteiger partial charge in [0.1, 0.15) is 5.69 Å². The molecule has 2 aromatic rings. The number of carbonyl (C=O) groups excluding carboxylic acids is 1. The fourth-order valence-corrected chi connectivity index (χ4v) is 3.72. The van der Waals surface area contributed by atoms with Gasteiger partial charge in [-0.05, 0) is 31.9 Å². The van der Waals surface area contributed by atoms with Crippen LogP contribution in [0.1, 0.15) is 25.5 Å². The Morgan fingerprint density at radius 2 is 2.12 bits per heavy atom. The number of carbonyl (C=O) groups is 1. The zero-order valence-electron chi connectivity index (χ0n) is 13.9. The van der Waals surface area contributed by atoms with E-state index in [4.69, 9.17) is 14.0 Å². The minimum Gasteiger partial charge on any atom is -0.356 e. The SMILES string of the molecule is CC1([C@@H]2CCCN(C(=O)Cc3noc4ccccc34)C2)OCCO1. The van der Waals surface area contributed by atoms with Gasteiger partial charge in [0, 0.05) is 24.4 Å². The highest BCUT2D eigenvalue weighted by Crippen LogP contribution is 2.34. The number of para-hydroxylation sites is 1. The summed E-state index contributed by atoms with van der Waals surface area (Å²) in [6.07, 6.45) is 2.26. The normalized spacial score (nSPS) is 23.7. The van der Waals surface area contributed by atoms with Crippen molar-refractivity contribution in [1.29, 1.82) is 0 Å².